The Morgan fingerprint density at radius 3 is 2.62 bits per heavy atom. The number of ketones is 1. The van der Waals surface area contributed by atoms with Crippen LogP contribution in [0.5, 0.6) is 0 Å². The summed E-state index contributed by atoms with van der Waals surface area (Å²) >= 11 is 2.81. The average molecular weight is 321 g/mol. The molecule has 1 aromatic carbocycles. The molecule has 1 amide bonds. The molecule has 2 rings (SSSR count). The molecule has 0 saturated heterocycles. The number of nitrogens with one attached hydrogen (secondary N) is 1. The third-order valence-corrected chi connectivity index (χ3v) is 4.74. The molecule has 0 aliphatic heterocycles. The maximum absolute atomic E-state index is 12.2. The molecule has 1 atom stereocenters. The maximum atomic E-state index is 12.2. The van der Waals surface area contributed by atoms with Gasteiger partial charge < -0.3 is 5.32 Å². The summed E-state index contributed by atoms with van der Waals surface area (Å²) in [5.74, 6) is -0.243. The van der Waals surface area contributed by atoms with Gasteiger partial charge in [0, 0.05) is 5.56 Å². The highest BCUT2D eigenvalue weighted by Crippen LogP contribution is 2.27. The summed E-state index contributed by atoms with van der Waals surface area (Å²) in [5.41, 5.74) is 1.05. The van der Waals surface area contributed by atoms with E-state index in [0.717, 1.165) is 9.35 Å². The zero-order chi connectivity index (χ0) is 15.4. The molecule has 2 aromatic rings. The number of carbonyl (C=O) groups excluding carboxylic acids is 2. The number of rotatable bonds is 5. The molecule has 7 heteroatoms. The van der Waals surface area contributed by atoms with E-state index in [1.54, 1.807) is 31.2 Å². The lowest BCUT2D eigenvalue weighted by Gasteiger charge is -2.12. The molecule has 0 aliphatic rings. The molecule has 1 aromatic heterocycles. The highest BCUT2D eigenvalue weighted by molar-refractivity contribution is 8.02. The number of anilines is 1. The molecule has 0 unspecified atom stereocenters. The maximum Gasteiger partial charge on any atom is 0.237 e. The minimum Gasteiger partial charge on any atom is -0.324 e. The minimum absolute atomic E-state index is 0.0778. The molecule has 1 N–H and O–H groups in total. The first-order valence-electron chi connectivity index (χ1n) is 6.35. The van der Waals surface area contributed by atoms with Crippen LogP contribution >= 0.6 is 23.1 Å². The van der Waals surface area contributed by atoms with E-state index in [0.29, 0.717) is 11.3 Å². The van der Waals surface area contributed by atoms with Crippen molar-refractivity contribution < 1.29 is 9.59 Å². The molecular weight excluding hydrogens is 306 g/mol. The number of para-hydroxylation sites is 1. The first-order valence-corrected chi connectivity index (χ1v) is 8.04. The van der Waals surface area contributed by atoms with Gasteiger partial charge in [-0.25, -0.2) is 0 Å². The van der Waals surface area contributed by atoms with Crippen molar-refractivity contribution in [2.75, 3.05) is 5.32 Å². The van der Waals surface area contributed by atoms with Crippen LogP contribution in [-0.4, -0.2) is 27.1 Å². The van der Waals surface area contributed by atoms with Crippen LogP contribution in [0, 0.1) is 6.92 Å². The number of amides is 1. The van der Waals surface area contributed by atoms with E-state index in [1.807, 2.05) is 6.92 Å². The molecule has 0 aliphatic carbocycles. The van der Waals surface area contributed by atoms with E-state index < -0.39 is 0 Å². The van der Waals surface area contributed by atoms with Crippen molar-refractivity contribution in [1.29, 1.82) is 0 Å². The van der Waals surface area contributed by atoms with Gasteiger partial charge in [0.15, 0.2) is 10.1 Å². The van der Waals surface area contributed by atoms with Gasteiger partial charge >= 0.3 is 0 Å². The zero-order valence-corrected chi connectivity index (χ0v) is 13.5. The van der Waals surface area contributed by atoms with Crippen molar-refractivity contribution in [2.24, 2.45) is 0 Å². The molecule has 21 heavy (non-hydrogen) atoms. The molecular formula is C14H15N3O2S2. The van der Waals surface area contributed by atoms with Crippen LogP contribution in [0.2, 0.25) is 0 Å². The lowest BCUT2D eigenvalue weighted by Crippen LogP contribution is -2.23. The van der Waals surface area contributed by atoms with Crippen molar-refractivity contribution in [1.82, 2.24) is 10.2 Å². The lowest BCUT2D eigenvalue weighted by molar-refractivity contribution is -0.115. The number of aromatic nitrogens is 2. The molecule has 0 spiro atoms. The quantitative estimate of drug-likeness (QED) is 0.676. The fraction of sp³-hybridized carbons (Fsp3) is 0.286. The second kappa shape index (κ2) is 6.82. The predicted molar refractivity (Wildman–Crippen MR) is 85.0 cm³/mol. The Balaban J connectivity index is 2.05. The summed E-state index contributed by atoms with van der Waals surface area (Å²) in [6.07, 6.45) is 0. The molecule has 0 fully saturated rings. The summed E-state index contributed by atoms with van der Waals surface area (Å²) in [4.78, 5) is 23.7. The first-order chi connectivity index (χ1) is 9.97. The third-order valence-electron chi connectivity index (χ3n) is 2.72. The summed E-state index contributed by atoms with van der Waals surface area (Å²) in [6, 6.07) is 6.98. The van der Waals surface area contributed by atoms with E-state index >= 15 is 0 Å². The van der Waals surface area contributed by atoms with Crippen LogP contribution in [0.3, 0.4) is 0 Å². The van der Waals surface area contributed by atoms with Gasteiger partial charge in [0.25, 0.3) is 0 Å². The number of benzene rings is 1. The van der Waals surface area contributed by atoms with E-state index in [1.165, 1.54) is 30.0 Å². The fourth-order valence-electron chi connectivity index (χ4n) is 1.66. The number of nitrogens with zero attached hydrogens (tertiary/aromatic N) is 2. The van der Waals surface area contributed by atoms with E-state index in [-0.39, 0.29) is 16.9 Å². The molecule has 110 valence electrons. The second-order valence-electron chi connectivity index (χ2n) is 4.44. The van der Waals surface area contributed by atoms with Gasteiger partial charge in [-0.3, -0.25) is 9.59 Å². The molecule has 0 bridgehead atoms. The topological polar surface area (TPSA) is 72.0 Å². The van der Waals surface area contributed by atoms with Gasteiger partial charge in [0.2, 0.25) is 5.91 Å². The van der Waals surface area contributed by atoms with Gasteiger partial charge in [0.1, 0.15) is 5.01 Å². The Labute approximate surface area is 131 Å². The van der Waals surface area contributed by atoms with E-state index in [9.17, 15) is 9.59 Å². The van der Waals surface area contributed by atoms with Crippen molar-refractivity contribution in [3.8, 4) is 0 Å². The van der Waals surface area contributed by atoms with Crippen molar-refractivity contribution in [2.45, 2.75) is 30.4 Å². The summed E-state index contributed by atoms with van der Waals surface area (Å²) in [7, 11) is 0. The number of hydrogen-bond acceptors (Lipinski definition) is 6. The van der Waals surface area contributed by atoms with Crippen molar-refractivity contribution in [3.05, 3.63) is 34.8 Å². The van der Waals surface area contributed by atoms with Crippen molar-refractivity contribution in [3.63, 3.8) is 0 Å². The standard InChI is InChI=1S/C14H15N3O2S2/c1-8(18)11-6-4-5-7-12(11)15-13(19)9(2)20-14-17-16-10(3)21-14/h4-7,9H,1-3H3,(H,15,19)/t9-/m1/s1. The number of Topliss-reactive ketones (excluding diaryl/α,β-unsaturated/α-hetero) is 1. The molecule has 0 saturated carbocycles. The monoisotopic (exact) mass is 321 g/mol. The minimum atomic E-state index is -0.322. The Hall–Kier alpha value is -1.73. The largest absolute Gasteiger partial charge is 0.324 e. The van der Waals surface area contributed by atoms with Crippen LogP contribution < -0.4 is 5.32 Å². The number of thioether (sulfide) groups is 1. The van der Waals surface area contributed by atoms with E-state index in [4.69, 9.17) is 0 Å². The third kappa shape index (κ3) is 4.12. The lowest BCUT2D eigenvalue weighted by atomic mass is 10.1. The highest BCUT2D eigenvalue weighted by atomic mass is 32.2. The van der Waals surface area contributed by atoms with Crippen LogP contribution in [0.15, 0.2) is 28.6 Å². The van der Waals surface area contributed by atoms with Crippen LogP contribution in [0.1, 0.15) is 29.2 Å². The van der Waals surface area contributed by atoms with Gasteiger partial charge in [-0.15, -0.1) is 10.2 Å². The normalized spacial score (nSPS) is 12.0. The Bertz CT molecular complexity index is 670. The van der Waals surface area contributed by atoms with E-state index in [2.05, 4.69) is 15.5 Å². The van der Waals surface area contributed by atoms with Gasteiger partial charge in [0.05, 0.1) is 10.9 Å². The number of aryl methyl sites for hydroxylation is 1. The average Bonchev–Trinajstić information content (AvgIpc) is 2.84. The fourth-order valence-corrected chi connectivity index (χ4v) is 3.62. The smallest absolute Gasteiger partial charge is 0.237 e. The Morgan fingerprint density at radius 1 is 1.29 bits per heavy atom. The number of hydrogen-bond donors (Lipinski definition) is 1. The SMILES string of the molecule is CC(=O)c1ccccc1NC(=O)[C@@H](C)Sc1nnc(C)s1. The van der Waals surface area contributed by atoms with Crippen LogP contribution in [0.4, 0.5) is 5.69 Å². The Morgan fingerprint density at radius 2 is 2.00 bits per heavy atom. The van der Waals surface area contributed by atoms with Crippen molar-refractivity contribution >= 4 is 40.5 Å². The molecule has 1 heterocycles. The molecule has 5 nitrogen and oxygen atoms in total. The first kappa shape index (κ1) is 15.7. The summed E-state index contributed by atoms with van der Waals surface area (Å²) in [5, 5.41) is 11.3. The Kier molecular flexibility index (Phi) is 5.08. The van der Waals surface area contributed by atoms with Crippen LogP contribution in [-0.2, 0) is 4.79 Å². The van der Waals surface area contributed by atoms with Gasteiger partial charge in [-0.2, -0.15) is 0 Å². The zero-order valence-electron chi connectivity index (χ0n) is 11.9. The second-order valence-corrected chi connectivity index (χ2v) is 7.21. The predicted octanol–water partition coefficient (Wildman–Crippen LogP) is 3.17. The highest BCUT2D eigenvalue weighted by Gasteiger charge is 2.18. The molecule has 0 radical (unpaired) electrons. The summed E-state index contributed by atoms with van der Waals surface area (Å²) < 4.78 is 0.759. The van der Waals surface area contributed by atoms with Gasteiger partial charge in [-0.1, -0.05) is 35.2 Å². The summed E-state index contributed by atoms with van der Waals surface area (Å²) in [6.45, 7) is 5.15. The van der Waals surface area contributed by atoms with Gasteiger partial charge in [-0.05, 0) is 32.9 Å². The van der Waals surface area contributed by atoms with Crippen LogP contribution in [0.25, 0.3) is 0 Å². The number of carbonyl (C=O) groups is 2.